The van der Waals surface area contributed by atoms with E-state index in [-0.39, 0.29) is 5.97 Å². The second-order valence-corrected chi connectivity index (χ2v) is 5.24. The number of benzene rings is 1. The zero-order valence-corrected chi connectivity index (χ0v) is 11.6. The lowest BCUT2D eigenvalue weighted by molar-refractivity contribution is 0.0600. The number of hydrogen-bond donors (Lipinski definition) is 0. The van der Waals surface area contributed by atoms with E-state index in [0.717, 1.165) is 17.3 Å². The minimum atomic E-state index is -0.301. The molecule has 2 aliphatic rings. The molecule has 0 bridgehead atoms. The Morgan fingerprint density at radius 3 is 3.00 bits per heavy atom. The first-order chi connectivity index (χ1) is 10.3. The number of fused-ring (bicyclic) bond motifs is 3. The number of carbonyl (C=O) groups excluding carboxylic acids is 1. The Labute approximate surface area is 121 Å². The molecule has 4 rings (SSSR count). The maximum Gasteiger partial charge on any atom is 0.337 e. The van der Waals surface area contributed by atoms with E-state index in [1.165, 1.54) is 29.0 Å². The van der Waals surface area contributed by atoms with Crippen molar-refractivity contribution in [2.45, 2.75) is 6.42 Å². The van der Waals surface area contributed by atoms with Crippen molar-refractivity contribution >= 4 is 23.7 Å². The summed E-state index contributed by atoms with van der Waals surface area (Å²) in [6.07, 6.45) is 6.94. The van der Waals surface area contributed by atoms with Gasteiger partial charge in [-0.05, 0) is 57.5 Å². The molecule has 21 heavy (non-hydrogen) atoms. The molecule has 2 aromatic rings. The molecule has 3 heteroatoms. The van der Waals surface area contributed by atoms with Gasteiger partial charge < -0.3 is 4.74 Å². The van der Waals surface area contributed by atoms with Crippen LogP contribution in [0.1, 0.15) is 21.6 Å². The molecule has 0 fully saturated rings. The number of allylic oxidation sites excluding steroid dienone is 1. The highest BCUT2D eigenvalue weighted by Crippen LogP contribution is 2.29. The molecule has 0 atom stereocenters. The van der Waals surface area contributed by atoms with Crippen molar-refractivity contribution in [3.8, 4) is 0 Å². The van der Waals surface area contributed by atoms with Gasteiger partial charge in [-0.3, -0.25) is 4.98 Å². The van der Waals surface area contributed by atoms with Gasteiger partial charge in [0, 0.05) is 12.6 Å². The summed E-state index contributed by atoms with van der Waals surface area (Å²) < 4.78 is 4.78. The molecule has 3 nitrogen and oxygen atoms in total. The lowest BCUT2D eigenvalue weighted by Gasteiger charge is -2.14. The number of ether oxygens (including phenoxy) is 1. The zero-order chi connectivity index (χ0) is 14.4. The lowest BCUT2D eigenvalue weighted by atomic mass is 9.92. The van der Waals surface area contributed by atoms with Gasteiger partial charge in [0.05, 0.1) is 18.4 Å². The number of rotatable bonds is 1. The van der Waals surface area contributed by atoms with E-state index in [2.05, 4.69) is 23.2 Å². The third kappa shape index (κ3) is 1.82. The quantitative estimate of drug-likeness (QED) is 0.740. The lowest BCUT2D eigenvalue weighted by Crippen LogP contribution is -2.25. The summed E-state index contributed by atoms with van der Waals surface area (Å²) in [5.41, 5.74) is 5.37. The summed E-state index contributed by atoms with van der Waals surface area (Å²) in [4.78, 5) is 16.1. The Morgan fingerprint density at radius 2 is 2.14 bits per heavy atom. The first kappa shape index (κ1) is 12.1. The molecule has 1 heterocycles. The highest BCUT2D eigenvalue weighted by molar-refractivity contribution is 5.94. The summed E-state index contributed by atoms with van der Waals surface area (Å²) in [5, 5.41) is 2.27. The molecule has 0 unspecified atom stereocenters. The van der Waals surface area contributed by atoms with Gasteiger partial charge in [-0.1, -0.05) is 12.1 Å². The Kier molecular flexibility index (Phi) is 2.54. The van der Waals surface area contributed by atoms with Crippen molar-refractivity contribution in [3.05, 3.63) is 69.4 Å². The number of esters is 1. The molecule has 0 radical (unpaired) electrons. The summed E-state index contributed by atoms with van der Waals surface area (Å²) in [6.45, 7) is 0. The van der Waals surface area contributed by atoms with E-state index in [4.69, 9.17) is 4.74 Å². The maximum absolute atomic E-state index is 11.6. The van der Waals surface area contributed by atoms with E-state index in [1.807, 2.05) is 30.5 Å². The average molecular weight is 275 g/mol. The molecule has 0 spiro atoms. The summed E-state index contributed by atoms with van der Waals surface area (Å²) in [5.74, 6) is -0.301. The molecule has 0 saturated carbocycles. The van der Waals surface area contributed by atoms with Crippen molar-refractivity contribution in [2.24, 2.45) is 0 Å². The van der Waals surface area contributed by atoms with Crippen molar-refractivity contribution in [1.82, 2.24) is 4.98 Å². The number of pyridine rings is 1. The van der Waals surface area contributed by atoms with E-state index >= 15 is 0 Å². The van der Waals surface area contributed by atoms with Gasteiger partial charge in [-0.2, -0.15) is 0 Å². The molecule has 1 aromatic heterocycles. The molecule has 0 saturated heterocycles. The van der Waals surface area contributed by atoms with Crippen LogP contribution < -0.4 is 10.4 Å². The van der Waals surface area contributed by atoms with Gasteiger partial charge in [0.15, 0.2) is 0 Å². The fourth-order valence-corrected chi connectivity index (χ4v) is 3.01. The molecule has 0 N–H and O–H groups in total. The van der Waals surface area contributed by atoms with Gasteiger partial charge in [0.25, 0.3) is 0 Å². The predicted molar refractivity (Wildman–Crippen MR) is 80.8 cm³/mol. The minimum Gasteiger partial charge on any atom is -0.465 e. The van der Waals surface area contributed by atoms with E-state index in [1.54, 1.807) is 0 Å². The second kappa shape index (κ2) is 4.42. The van der Waals surface area contributed by atoms with Crippen LogP contribution in [0.4, 0.5) is 0 Å². The summed E-state index contributed by atoms with van der Waals surface area (Å²) in [7, 11) is 1.40. The SMILES string of the molecule is COC(=O)c1ccc2c(c1)=CC1=Cc3ncccc3CC=21. The van der Waals surface area contributed by atoms with Crippen LogP contribution in [-0.2, 0) is 11.2 Å². The van der Waals surface area contributed by atoms with Crippen LogP contribution in [0.3, 0.4) is 0 Å². The minimum absolute atomic E-state index is 0.301. The molecule has 1 aromatic carbocycles. The van der Waals surface area contributed by atoms with Gasteiger partial charge in [0.1, 0.15) is 0 Å². The van der Waals surface area contributed by atoms with Crippen molar-refractivity contribution in [1.29, 1.82) is 0 Å². The molecule has 2 aliphatic carbocycles. The zero-order valence-electron chi connectivity index (χ0n) is 11.6. The molecule has 102 valence electrons. The monoisotopic (exact) mass is 275 g/mol. The Balaban J connectivity index is 1.92. The Hall–Kier alpha value is -2.68. The summed E-state index contributed by atoms with van der Waals surface area (Å²) in [6, 6.07) is 9.82. The number of hydrogen-bond acceptors (Lipinski definition) is 3. The van der Waals surface area contributed by atoms with Crippen LogP contribution in [0.25, 0.3) is 17.7 Å². The maximum atomic E-state index is 11.6. The van der Waals surface area contributed by atoms with Gasteiger partial charge >= 0.3 is 5.97 Å². The Bertz CT molecular complexity index is 922. The second-order valence-electron chi connectivity index (χ2n) is 5.24. The van der Waals surface area contributed by atoms with Crippen LogP contribution in [0.2, 0.25) is 0 Å². The largest absolute Gasteiger partial charge is 0.465 e. The van der Waals surface area contributed by atoms with E-state index < -0.39 is 0 Å². The first-order valence-electron chi connectivity index (χ1n) is 6.85. The topological polar surface area (TPSA) is 39.2 Å². The third-order valence-electron chi connectivity index (χ3n) is 4.04. The predicted octanol–water partition coefficient (Wildman–Crippen LogP) is 1.45. The van der Waals surface area contributed by atoms with E-state index in [0.29, 0.717) is 5.56 Å². The molecule has 0 aliphatic heterocycles. The van der Waals surface area contributed by atoms with Gasteiger partial charge in [-0.15, -0.1) is 0 Å². The summed E-state index contributed by atoms with van der Waals surface area (Å²) >= 11 is 0. The molecular weight excluding hydrogens is 262 g/mol. The van der Waals surface area contributed by atoms with Crippen LogP contribution in [0.15, 0.2) is 42.1 Å². The smallest absolute Gasteiger partial charge is 0.337 e. The molecule has 0 amide bonds. The highest BCUT2D eigenvalue weighted by Gasteiger charge is 2.19. The van der Waals surface area contributed by atoms with Crippen LogP contribution in [0, 0.1) is 0 Å². The van der Waals surface area contributed by atoms with Crippen LogP contribution >= 0.6 is 0 Å². The average Bonchev–Trinajstić information content (AvgIpc) is 2.88. The molecular formula is C18H13NO2. The third-order valence-corrected chi connectivity index (χ3v) is 4.04. The van der Waals surface area contributed by atoms with Crippen molar-refractivity contribution < 1.29 is 9.53 Å². The first-order valence-corrected chi connectivity index (χ1v) is 6.85. The normalized spacial score (nSPS) is 14.5. The number of aromatic nitrogens is 1. The standard InChI is InChI=1S/C18H13NO2/c1-21-18(20)12-4-5-15-13(7-12)8-14-10-17-11(9-16(14)15)3-2-6-19-17/h2-8,10H,9H2,1H3. The fourth-order valence-electron chi connectivity index (χ4n) is 3.01. The van der Waals surface area contributed by atoms with Crippen LogP contribution in [-0.4, -0.2) is 18.1 Å². The van der Waals surface area contributed by atoms with Crippen molar-refractivity contribution in [3.63, 3.8) is 0 Å². The highest BCUT2D eigenvalue weighted by atomic mass is 16.5. The van der Waals surface area contributed by atoms with Crippen molar-refractivity contribution in [2.75, 3.05) is 7.11 Å². The fraction of sp³-hybridized carbons (Fsp3) is 0.111. The Morgan fingerprint density at radius 1 is 1.24 bits per heavy atom. The van der Waals surface area contributed by atoms with Gasteiger partial charge in [-0.25, -0.2) is 4.79 Å². The van der Waals surface area contributed by atoms with E-state index in [9.17, 15) is 4.79 Å². The number of carbonyl (C=O) groups is 1. The van der Waals surface area contributed by atoms with Gasteiger partial charge in [0.2, 0.25) is 0 Å². The number of nitrogens with zero attached hydrogens (tertiary/aromatic N) is 1. The number of methoxy groups -OCH3 is 1. The van der Waals surface area contributed by atoms with Crippen LogP contribution in [0.5, 0.6) is 0 Å².